The number of ether oxygens (including phenoxy) is 1. The number of amides is 2. The number of piperidine rings is 1. The summed E-state index contributed by atoms with van der Waals surface area (Å²) < 4.78 is 6.32. The molecule has 7 nitrogen and oxygen atoms in total. The molecule has 39 heavy (non-hydrogen) atoms. The maximum Gasteiger partial charge on any atom is 0.251 e. The summed E-state index contributed by atoms with van der Waals surface area (Å²) in [5.41, 5.74) is 4.52. The van der Waals surface area contributed by atoms with Crippen LogP contribution in [0, 0.1) is 5.92 Å². The molecule has 2 bridgehead atoms. The minimum atomic E-state index is -0.0505. The second-order valence-electron chi connectivity index (χ2n) is 11.2. The Labute approximate surface area is 231 Å². The lowest BCUT2D eigenvalue weighted by molar-refractivity contribution is -0.123. The standard InChI is InChI=1S/C31H32N4O3S/c36-18-35-23-7-8-24(35)16-26(15-23)38-25-9-4-20(5-10-25)30-27-14-21(6-11-28(27)33-34-30)31(37)32-29(19-2-1-3-19)22-12-13-39-17-22/h4-6,9-14,17-19,23-24,26,29H,1-3,7-8,15-16H2,(H,32,37)(H,33,34)/t23-,24+,26+,29?. The molecule has 4 aromatic rings. The summed E-state index contributed by atoms with van der Waals surface area (Å²) in [5, 5.41) is 16.1. The van der Waals surface area contributed by atoms with Crippen LogP contribution in [0.4, 0.5) is 0 Å². The number of nitrogens with one attached hydrogen (secondary N) is 2. The maximum atomic E-state index is 13.4. The van der Waals surface area contributed by atoms with Crippen LogP contribution >= 0.6 is 11.3 Å². The SMILES string of the molecule is O=CN1[C@@H]2CC[C@H]1C[C@@H](Oc1ccc(-c3n[nH]c4ccc(C(=O)NC(c5ccsc5)C5CCC5)cc34)cc1)C2. The van der Waals surface area contributed by atoms with Crippen LogP contribution in [0.5, 0.6) is 5.75 Å². The van der Waals surface area contributed by atoms with Crippen molar-refractivity contribution in [1.29, 1.82) is 0 Å². The Morgan fingerprint density at radius 3 is 2.54 bits per heavy atom. The zero-order chi connectivity index (χ0) is 26.3. The van der Waals surface area contributed by atoms with Crippen molar-refractivity contribution in [2.45, 2.75) is 69.2 Å². The van der Waals surface area contributed by atoms with Crippen LogP contribution in [0.1, 0.15) is 66.9 Å². The number of hydrogen-bond donors (Lipinski definition) is 2. The third kappa shape index (κ3) is 4.61. The van der Waals surface area contributed by atoms with E-state index in [9.17, 15) is 9.59 Å². The van der Waals surface area contributed by atoms with Crippen LogP contribution in [0.3, 0.4) is 0 Å². The number of rotatable bonds is 8. The van der Waals surface area contributed by atoms with Crippen LogP contribution in [0.25, 0.3) is 22.2 Å². The van der Waals surface area contributed by atoms with Crippen molar-refractivity contribution in [2.75, 3.05) is 0 Å². The van der Waals surface area contributed by atoms with E-state index in [1.54, 1.807) is 11.3 Å². The van der Waals surface area contributed by atoms with Crippen LogP contribution in [0.15, 0.2) is 59.3 Å². The van der Waals surface area contributed by atoms with Crippen molar-refractivity contribution < 1.29 is 14.3 Å². The number of aromatic nitrogens is 2. The molecule has 0 radical (unpaired) electrons. The summed E-state index contributed by atoms with van der Waals surface area (Å²) in [6.45, 7) is 0. The summed E-state index contributed by atoms with van der Waals surface area (Å²) in [4.78, 5) is 26.7. The molecule has 7 rings (SSSR count). The van der Waals surface area contributed by atoms with Crippen LogP contribution in [0.2, 0.25) is 0 Å². The Bertz CT molecular complexity index is 1460. The molecule has 2 saturated heterocycles. The first-order valence-electron chi connectivity index (χ1n) is 14.0. The predicted octanol–water partition coefficient (Wildman–Crippen LogP) is 6.09. The molecule has 4 atom stereocenters. The van der Waals surface area contributed by atoms with Gasteiger partial charge in [-0.1, -0.05) is 6.42 Å². The Kier molecular flexibility index (Phi) is 6.35. The average Bonchev–Trinajstić information content (AvgIpc) is 3.66. The lowest BCUT2D eigenvalue weighted by Crippen LogP contribution is -2.45. The first kappa shape index (κ1) is 24.4. The second kappa shape index (κ2) is 10.2. The molecule has 0 spiro atoms. The van der Waals surface area contributed by atoms with Gasteiger partial charge in [0.1, 0.15) is 11.9 Å². The van der Waals surface area contributed by atoms with Gasteiger partial charge in [0.05, 0.1) is 17.3 Å². The number of carbonyl (C=O) groups is 2. The van der Waals surface area contributed by atoms with Gasteiger partial charge in [0.2, 0.25) is 6.41 Å². The van der Waals surface area contributed by atoms with E-state index >= 15 is 0 Å². The van der Waals surface area contributed by atoms with Gasteiger partial charge < -0.3 is 15.0 Å². The van der Waals surface area contributed by atoms with Gasteiger partial charge in [-0.25, -0.2) is 0 Å². The molecule has 1 unspecified atom stereocenters. The molecular weight excluding hydrogens is 508 g/mol. The largest absolute Gasteiger partial charge is 0.490 e. The van der Waals surface area contributed by atoms with Gasteiger partial charge in [-0.2, -0.15) is 16.4 Å². The molecular formula is C31H32N4O3S. The number of H-pyrrole nitrogens is 1. The Morgan fingerprint density at radius 1 is 1.08 bits per heavy atom. The first-order chi connectivity index (χ1) is 19.2. The molecule has 3 fully saturated rings. The number of nitrogens with zero attached hydrogens (tertiary/aromatic N) is 2. The van der Waals surface area contributed by atoms with Gasteiger partial charge in [-0.15, -0.1) is 0 Å². The van der Waals surface area contributed by atoms with E-state index in [0.717, 1.165) is 72.8 Å². The van der Waals surface area contributed by atoms with Crippen LogP contribution in [-0.4, -0.2) is 45.6 Å². The van der Waals surface area contributed by atoms with Crippen molar-refractivity contribution in [2.24, 2.45) is 5.92 Å². The third-order valence-electron chi connectivity index (χ3n) is 8.93. The highest BCUT2D eigenvalue weighted by Crippen LogP contribution is 2.39. The summed E-state index contributed by atoms with van der Waals surface area (Å²) in [7, 11) is 0. The molecule has 2 aromatic carbocycles. The van der Waals surface area contributed by atoms with E-state index in [1.165, 1.54) is 12.0 Å². The summed E-state index contributed by atoms with van der Waals surface area (Å²) >= 11 is 1.67. The number of aromatic amines is 1. The molecule has 2 N–H and O–H groups in total. The van der Waals surface area contributed by atoms with E-state index in [2.05, 4.69) is 32.3 Å². The van der Waals surface area contributed by atoms with Crippen molar-refractivity contribution >= 4 is 34.6 Å². The number of fused-ring (bicyclic) bond motifs is 3. The number of thiophene rings is 1. The molecule has 8 heteroatoms. The molecule has 2 aromatic heterocycles. The average molecular weight is 541 g/mol. The van der Waals surface area contributed by atoms with Crippen molar-refractivity contribution in [1.82, 2.24) is 20.4 Å². The fourth-order valence-electron chi connectivity index (χ4n) is 6.61. The van der Waals surface area contributed by atoms with Gasteiger partial charge in [-0.3, -0.25) is 14.7 Å². The minimum absolute atomic E-state index is 0.0505. The number of benzene rings is 2. The van der Waals surface area contributed by atoms with Crippen molar-refractivity contribution in [3.63, 3.8) is 0 Å². The highest BCUT2D eigenvalue weighted by molar-refractivity contribution is 7.08. The first-order valence-corrected chi connectivity index (χ1v) is 14.9. The van der Waals surface area contributed by atoms with Crippen LogP contribution < -0.4 is 10.1 Å². The topological polar surface area (TPSA) is 87.3 Å². The van der Waals surface area contributed by atoms with E-state index in [1.807, 2.05) is 47.4 Å². The fraction of sp³-hybridized carbons (Fsp3) is 0.387. The molecule has 200 valence electrons. The molecule has 4 heterocycles. The lowest BCUT2D eigenvalue weighted by atomic mass is 9.77. The van der Waals surface area contributed by atoms with Gasteiger partial charge in [0, 0.05) is 41.4 Å². The summed E-state index contributed by atoms with van der Waals surface area (Å²) in [5.74, 6) is 1.29. The normalized spacial score (nSPS) is 23.4. The molecule has 1 aliphatic carbocycles. The number of carbonyl (C=O) groups excluding carboxylic acids is 2. The van der Waals surface area contributed by atoms with Crippen LogP contribution in [-0.2, 0) is 4.79 Å². The summed E-state index contributed by atoms with van der Waals surface area (Å²) in [6, 6.07) is 16.6. The minimum Gasteiger partial charge on any atom is -0.490 e. The monoisotopic (exact) mass is 540 g/mol. The third-order valence-corrected chi connectivity index (χ3v) is 9.64. The second-order valence-corrected chi connectivity index (χ2v) is 12.0. The zero-order valence-corrected chi connectivity index (χ0v) is 22.5. The Morgan fingerprint density at radius 2 is 1.87 bits per heavy atom. The quantitative estimate of drug-likeness (QED) is 0.265. The zero-order valence-electron chi connectivity index (χ0n) is 21.7. The predicted molar refractivity (Wildman–Crippen MR) is 152 cm³/mol. The van der Waals surface area contributed by atoms with E-state index in [4.69, 9.17) is 4.74 Å². The van der Waals surface area contributed by atoms with E-state index in [-0.39, 0.29) is 18.1 Å². The maximum absolute atomic E-state index is 13.4. The molecule has 3 aliphatic rings. The lowest BCUT2D eigenvalue weighted by Gasteiger charge is -2.36. The van der Waals surface area contributed by atoms with Gasteiger partial charge in [-0.05, 0) is 96.5 Å². The highest BCUT2D eigenvalue weighted by Gasteiger charge is 2.40. The van der Waals surface area contributed by atoms with Gasteiger partial charge in [0.15, 0.2) is 0 Å². The molecule has 2 amide bonds. The smallest absolute Gasteiger partial charge is 0.251 e. The van der Waals surface area contributed by atoms with E-state index in [0.29, 0.717) is 23.6 Å². The van der Waals surface area contributed by atoms with Gasteiger partial charge in [0.25, 0.3) is 5.91 Å². The van der Waals surface area contributed by atoms with E-state index < -0.39 is 0 Å². The summed E-state index contributed by atoms with van der Waals surface area (Å²) in [6.07, 6.45) is 8.61. The van der Waals surface area contributed by atoms with Crippen molar-refractivity contribution in [3.8, 4) is 17.0 Å². The Balaban J connectivity index is 1.07. The highest BCUT2D eigenvalue weighted by atomic mass is 32.1. The molecule has 1 saturated carbocycles. The number of hydrogen-bond acceptors (Lipinski definition) is 5. The van der Waals surface area contributed by atoms with Gasteiger partial charge >= 0.3 is 0 Å². The van der Waals surface area contributed by atoms with Crippen molar-refractivity contribution in [3.05, 3.63) is 70.4 Å². The Hall–Kier alpha value is -3.65. The fourth-order valence-corrected chi connectivity index (χ4v) is 7.31. The molecule has 2 aliphatic heterocycles.